The lowest BCUT2D eigenvalue weighted by Crippen LogP contribution is -2.24. The van der Waals surface area contributed by atoms with Gasteiger partial charge in [-0.25, -0.2) is 9.59 Å². The van der Waals surface area contributed by atoms with Crippen LogP contribution in [0.5, 0.6) is 5.75 Å². The van der Waals surface area contributed by atoms with Gasteiger partial charge in [-0.2, -0.15) is 0 Å². The van der Waals surface area contributed by atoms with Gasteiger partial charge in [0.15, 0.2) is 0 Å². The van der Waals surface area contributed by atoms with Gasteiger partial charge in [-0.3, -0.25) is 4.79 Å². The number of hydrogen-bond acceptors (Lipinski definition) is 5. The van der Waals surface area contributed by atoms with E-state index in [1.165, 1.54) is 5.56 Å². The van der Waals surface area contributed by atoms with Crippen LogP contribution < -0.4 is 10.1 Å². The van der Waals surface area contributed by atoms with Gasteiger partial charge in [-0.1, -0.05) is 36.4 Å². The molecule has 3 N–H and O–H groups in total. The molecular weight excluding hydrogens is 364 g/mol. The number of carboxylic acids is 2. The second kappa shape index (κ2) is 12.1. The number of carbonyl (C=O) groups excluding carboxylic acids is 1. The maximum Gasteiger partial charge on any atom is 0.414 e. The number of methoxy groups -OCH3 is 1. The maximum atomic E-state index is 12.0. The molecule has 0 aliphatic carbocycles. The van der Waals surface area contributed by atoms with E-state index < -0.39 is 11.9 Å². The van der Waals surface area contributed by atoms with E-state index in [1.54, 1.807) is 7.11 Å². The molecule has 0 spiro atoms. The largest absolute Gasteiger partial charge is 0.497 e. The first-order valence-electron chi connectivity index (χ1n) is 8.44. The summed E-state index contributed by atoms with van der Waals surface area (Å²) in [6, 6.07) is 17.6. The van der Waals surface area contributed by atoms with Crippen molar-refractivity contribution in [2.24, 2.45) is 0 Å². The predicted molar refractivity (Wildman–Crippen MR) is 104 cm³/mol. The van der Waals surface area contributed by atoms with E-state index in [4.69, 9.17) is 24.5 Å². The Morgan fingerprint density at radius 1 is 1.00 bits per heavy atom. The zero-order valence-electron chi connectivity index (χ0n) is 15.8. The number of aliphatic carboxylic acids is 2. The van der Waals surface area contributed by atoms with Crippen molar-refractivity contribution in [3.05, 3.63) is 60.2 Å². The Hall–Kier alpha value is -3.39. The Bertz CT molecular complexity index is 767. The molecule has 8 heteroatoms. The van der Waals surface area contributed by atoms with Crippen molar-refractivity contribution >= 4 is 23.5 Å². The summed E-state index contributed by atoms with van der Waals surface area (Å²) in [6.45, 7) is 1.55. The van der Waals surface area contributed by atoms with Gasteiger partial charge in [0.05, 0.1) is 7.11 Å². The summed E-state index contributed by atoms with van der Waals surface area (Å²) in [7, 11) is 3.63. The number of carbonyl (C=O) groups is 3. The van der Waals surface area contributed by atoms with Gasteiger partial charge in [0, 0.05) is 31.3 Å². The zero-order chi connectivity index (χ0) is 20.9. The minimum absolute atomic E-state index is 0.00756. The van der Waals surface area contributed by atoms with Crippen molar-refractivity contribution in [3.8, 4) is 5.75 Å². The third-order valence-electron chi connectivity index (χ3n) is 3.55. The summed E-state index contributed by atoms with van der Waals surface area (Å²) < 4.78 is 5.14. The van der Waals surface area contributed by atoms with Gasteiger partial charge in [0.2, 0.25) is 5.91 Å². The van der Waals surface area contributed by atoms with Gasteiger partial charge in [-0.05, 0) is 24.7 Å². The van der Waals surface area contributed by atoms with Crippen LogP contribution in [0.1, 0.15) is 12.0 Å². The summed E-state index contributed by atoms with van der Waals surface area (Å²) in [5.41, 5.74) is 2.01. The molecule has 0 atom stereocenters. The SMILES string of the molecule is COc1cccc(NC(=O)CCN(C)Cc2ccccc2)c1.O=C(O)C(=O)O. The number of hydrogen-bond donors (Lipinski definition) is 3. The van der Waals surface area contributed by atoms with Crippen LogP contribution in [-0.4, -0.2) is 53.7 Å². The molecular formula is C20H24N2O6. The standard InChI is InChI=1S/C18H22N2O2.C2H2O4/c1-20(14-15-7-4-3-5-8-15)12-11-18(21)19-16-9-6-10-17(13-16)22-2;3-1(4)2(5)6/h3-10,13H,11-12,14H2,1-2H3,(H,19,21);(H,3,4)(H,5,6). The number of nitrogens with zero attached hydrogens (tertiary/aromatic N) is 1. The number of rotatable bonds is 7. The molecule has 0 saturated carbocycles. The second-order valence-corrected chi connectivity index (χ2v) is 5.86. The van der Waals surface area contributed by atoms with E-state index >= 15 is 0 Å². The molecule has 0 aliphatic heterocycles. The fourth-order valence-electron chi connectivity index (χ4n) is 2.19. The zero-order valence-corrected chi connectivity index (χ0v) is 15.8. The minimum Gasteiger partial charge on any atom is -0.497 e. The normalized spacial score (nSPS) is 9.82. The molecule has 8 nitrogen and oxygen atoms in total. The minimum atomic E-state index is -1.82. The first-order chi connectivity index (χ1) is 13.3. The lowest BCUT2D eigenvalue weighted by Gasteiger charge is -2.16. The van der Waals surface area contributed by atoms with E-state index in [0.29, 0.717) is 13.0 Å². The molecule has 28 heavy (non-hydrogen) atoms. The van der Waals surface area contributed by atoms with Crippen LogP contribution in [0.15, 0.2) is 54.6 Å². The van der Waals surface area contributed by atoms with E-state index in [-0.39, 0.29) is 5.91 Å². The van der Waals surface area contributed by atoms with Crippen molar-refractivity contribution in [3.63, 3.8) is 0 Å². The number of anilines is 1. The molecule has 0 radical (unpaired) electrons. The number of ether oxygens (including phenoxy) is 1. The highest BCUT2D eigenvalue weighted by molar-refractivity contribution is 6.27. The van der Waals surface area contributed by atoms with Crippen LogP contribution >= 0.6 is 0 Å². The van der Waals surface area contributed by atoms with Gasteiger partial charge < -0.3 is 25.2 Å². The van der Waals surface area contributed by atoms with Gasteiger partial charge in [-0.15, -0.1) is 0 Å². The maximum absolute atomic E-state index is 12.0. The topological polar surface area (TPSA) is 116 Å². The van der Waals surface area contributed by atoms with E-state index in [2.05, 4.69) is 22.3 Å². The lowest BCUT2D eigenvalue weighted by atomic mass is 10.2. The van der Waals surface area contributed by atoms with Crippen LogP contribution in [0, 0.1) is 0 Å². The van der Waals surface area contributed by atoms with E-state index in [0.717, 1.165) is 18.0 Å². The number of benzene rings is 2. The Kier molecular flexibility index (Phi) is 9.77. The molecule has 0 fully saturated rings. The molecule has 1 amide bonds. The first-order valence-corrected chi connectivity index (χ1v) is 8.44. The quantitative estimate of drug-likeness (QED) is 0.623. The van der Waals surface area contributed by atoms with Crippen molar-refractivity contribution in [1.29, 1.82) is 0 Å². The molecule has 2 aromatic rings. The summed E-state index contributed by atoms with van der Waals surface area (Å²) in [6.07, 6.45) is 0.459. The number of carboxylic acid groups (broad SMARTS) is 2. The molecule has 0 unspecified atom stereocenters. The fourth-order valence-corrected chi connectivity index (χ4v) is 2.19. The molecule has 2 aromatic carbocycles. The third kappa shape index (κ3) is 9.35. The number of nitrogens with one attached hydrogen (secondary N) is 1. The second-order valence-electron chi connectivity index (χ2n) is 5.86. The van der Waals surface area contributed by atoms with Crippen LogP contribution in [0.25, 0.3) is 0 Å². The molecule has 0 aromatic heterocycles. The summed E-state index contributed by atoms with van der Waals surface area (Å²) in [4.78, 5) is 32.3. The van der Waals surface area contributed by atoms with Crippen LogP contribution in [0.3, 0.4) is 0 Å². The summed E-state index contributed by atoms with van der Waals surface area (Å²) >= 11 is 0. The van der Waals surface area contributed by atoms with Crippen molar-refractivity contribution < 1.29 is 29.3 Å². The van der Waals surface area contributed by atoms with Gasteiger partial charge in [0.25, 0.3) is 0 Å². The molecule has 150 valence electrons. The van der Waals surface area contributed by atoms with Crippen LogP contribution in [0.2, 0.25) is 0 Å². The average molecular weight is 388 g/mol. The number of amides is 1. The summed E-state index contributed by atoms with van der Waals surface area (Å²) in [5.74, 6) is -2.91. The molecule has 0 heterocycles. The lowest BCUT2D eigenvalue weighted by molar-refractivity contribution is -0.159. The first kappa shape index (κ1) is 22.7. The Labute approximate surface area is 163 Å². The predicted octanol–water partition coefficient (Wildman–Crippen LogP) is 2.31. The third-order valence-corrected chi connectivity index (χ3v) is 3.55. The molecule has 0 bridgehead atoms. The Morgan fingerprint density at radius 3 is 2.21 bits per heavy atom. The molecule has 0 aliphatic rings. The van der Waals surface area contributed by atoms with Crippen molar-refractivity contribution in [1.82, 2.24) is 4.90 Å². The highest BCUT2D eigenvalue weighted by Gasteiger charge is 2.06. The monoisotopic (exact) mass is 388 g/mol. The highest BCUT2D eigenvalue weighted by atomic mass is 16.5. The van der Waals surface area contributed by atoms with Crippen molar-refractivity contribution in [2.45, 2.75) is 13.0 Å². The van der Waals surface area contributed by atoms with Crippen molar-refractivity contribution in [2.75, 3.05) is 26.0 Å². The van der Waals surface area contributed by atoms with Gasteiger partial charge in [0.1, 0.15) is 5.75 Å². The molecule has 2 rings (SSSR count). The van der Waals surface area contributed by atoms with Gasteiger partial charge >= 0.3 is 11.9 Å². The molecule has 0 saturated heterocycles. The fraction of sp³-hybridized carbons (Fsp3) is 0.250. The van der Waals surface area contributed by atoms with E-state index in [9.17, 15) is 4.79 Å². The van der Waals surface area contributed by atoms with Crippen LogP contribution in [-0.2, 0) is 20.9 Å². The Balaban J connectivity index is 0.000000568. The summed E-state index contributed by atoms with van der Waals surface area (Å²) in [5, 5.41) is 17.7. The average Bonchev–Trinajstić information content (AvgIpc) is 2.68. The Morgan fingerprint density at radius 2 is 1.64 bits per heavy atom. The highest BCUT2D eigenvalue weighted by Crippen LogP contribution is 2.16. The van der Waals surface area contributed by atoms with Crippen LogP contribution in [0.4, 0.5) is 5.69 Å². The van der Waals surface area contributed by atoms with E-state index in [1.807, 2.05) is 49.5 Å². The smallest absolute Gasteiger partial charge is 0.414 e.